The highest BCUT2D eigenvalue weighted by atomic mass is 19.1. The largest absolute Gasteiger partial charge is 0.459 e. The molecule has 0 spiro atoms. The van der Waals surface area contributed by atoms with E-state index in [2.05, 4.69) is 5.32 Å². The van der Waals surface area contributed by atoms with Crippen LogP contribution in [0.2, 0.25) is 0 Å². The normalized spacial score (nSPS) is 12.6. The van der Waals surface area contributed by atoms with Crippen molar-refractivity contribution in [2.24, 2.45) is 0 Å². The molecule has 0 radical (unpaired) electrons. The Morgan fingerprint density at radius 2 is 1.85 bits per heavy atom. The predicted molar refractivity (Wildman–Crippen MR) is 74.6 cm³/mol. The number of rotatable bonds is 3. The summed E-state index contributed by atoms with van der Waals surface area (Å²) in [5, 5.41) is 3.98. The van der Waals surface area contributed by atoms with Crippen LogP contribution in [0.1, 0.15) is 18.7 Å². The lowest BCUT2D eigenvalue weighted by Crippen LogP contribution is -2.07. The minimum absolute atomic E-state index is 0.220. The van der Waals surface area contributed by atoms with E-state index in [1.165, 1.54) is 12.1 Å². The first-order valence-electron chi connectivity index (χ1n) is 6.33. The van der Waals surface area contributed by atoms with E-state index in [9.17, 15) is 8.78 Å². The smallest absolute Gasteiger partial charge is 0.149 e. The topological polar surface area (TPSA) is 25.2 Å². The summed E-state index contributed by atoms with van der Waals surface area (Å²) in [4.78, 5) is 0. The Balaban J connectivity index is 1.86. The molecule has 0 aliphatic carbocycles. The zero-order valence-corrected chi connectivity index (χ0v) is 10.9. The molecule has 1 aromatic heterocycles. The van der Waals surface area contributed by atoms with E-state index < -0.39 is 11.6 Å². The van der Waals surface area contributed by atoms with E-state index in [-0.39, 0.29) is 11.7 Å². The van der Waals surface area contributed by atoms with Crippen molar-refractivity contribution in [3.8, 4) is 0 Å². The molecule has 4 heteroatoms. The van der Waals surface area contributed by atoms with Crippen molar-refractivity contribution in [1.82, 2.24) is 0 Å². The molecular weight excluding hydrogens is 260 g/mol. The van der Waals surface area contributed by atoms with Crippen molar-refractivity contribution in [2.45, 2.75) is 13.0 Å². The highest BCUT2D eigenvalue weighted by Gasteiger charge is 2.13. The molecule has 2 nitrogen and oxygen atoms in total. The maximum Gasteiger partial charge on any atom is 0.149 e. The van der Waals surface area contributed by atoms with Gasteiger partial charge in [0.1, 0.15) is 23.0 Å². The fourth-order valence-corrected chi connectivity index (χ4v) is 2.13. The van der Waals surface area contributed by atoms with Gasteiger partial charge in [0.25, 0.3) is 0 Å². The molecule has 1 atom stereocenters. The van der Waals surface area contributed by atoms with Crippen LogP contribution in [0.25, 0.3) is 11.0 Å². The standard InChI is InChI=1S/C16H13F2NO/c1-10(19-14-7-6-12(17)9-13(14)18)16-8-11-4-2-3-5-15(11)20-16/h2-10,19H,1H3. The van der Waals surface area contributed by atoms with E-state index in [1.807, 2.05) is 37.3 Å². The van der Waals surface area contributed by atoms with Gasteiger partial charge in [0.05, 0.1) is 11.7 Å². The third-order valence-electron chi connectivity index (χ3n) is 3.17. The van der Waals surface area contributed by atoms with E-state index in [4.69, 9.17) is 4.42 Å². The van der Waals surface area contributed by atoms with E-state index in [1.54, 1.807) is 0 Å². The molecule has 0 bridgehead atoms. The fraction of sp³-hybridized carbons (Fsp3) is 0.125. The van der Waals surface area contributed by atoms with Crippen LogP contribution in [0.4, 0.5) is 14.5 Å². The van der Waals surface area contributed by atoms with Crippen LogP contribution < -0.4 is 5.32 Å². The van der Waals surface area contributed by atoms with Crippen molar-refractivity contribution in [3.05, 3.63) is 65.9 Å². The summed E-state index contributed by atoms with van der Waals surface area (Å²) >= 11 is 0. The zero-order valence-electron chi connectivity index (χ0n) is 10.9. The Morgan fingerprint density at radius 1 is 1.05 bits per heavy atom. The van der Waals surface area contributed by atoms with Gasteiger partial charge in [0.2, 0.25) is 0 Å². The van der Waals surface area contributed by atoms with Crippen LogP contribution in [-0.2, 0) is 0 Å². The van der Waals surface area contributed by atoms with Crippen molar-refractivity contribution in [1.29, 1.82) is 0 Å². The van der Waals surface area contributed by atoms with Crippen molar-refractivity contribution >= 4 is 16.7 Å². The highest BCUT2D eigenvalue weighted by molar-refractivity contribution is 5.77. The lowest BCUT2D eigenvalue weighted by molar-refractivity contribution is 0.523. The van der Waals surface area contributed by atoms with Crippen LogP contribution in [0.15, 0.2) is 52.9 Å². The van der Waals surface area contributed by atoms with Gasteiger partial charge in [0.15, 0.2) is 0 Å². The monoisotopic (exact) mass is 273 g/mol. The number of hydrogen-bond donors (Lipinski definition) is 1. The summed E-state index contributed by atoms with van der Waals surface area (Å²) in [6, 6.07) is 12.8. The van der Waals surface area contributed by atoms with Gasteiger partial charge >= 0.3 is 0 Å². The molecular formula is C16H13F2NO. The van der Waals surface area contributed by atoms with E-state index in [0.717, 1.165) is 17.0 Å². The van der Waals surface area contributed by atoms with Crippen molar-refractivity contribution < 1.29 is 13.2 Å². The third kappa shape index (κ3) is 2.37. The van der Waals surface area contributed by atoms with Crippen LogP contribution in [0.5, 0.6) is 0 Å². The number of anilines is 1. The minimum Gasteiger partial charge on any atom is -0.459 e. The number of fused-ring (bicyclic) bond motifs is 1. The number of para-hydroxylation sites is 1. The SMILES string of the molecule is CC(Nc1ccc(F)cc1F)c1cc2ccccc2o1. The summed E-state index contributed by atoms with van der Waals surface area (Å²) < 4.78 is 32.2. The molecule has 0 saturated carbocycles. The maximum atomic E-state index is 13.6. The van der Waals surface area contributed by atoms with Gasteiger partial charge in [-0.25, -0.2) is 8.78 Å². The molecule has 0 aliphatic rings. The first-order valence-corrected chi connectivity index (χ1v) is 6.33. The van der Waals surface area contributed by atoms with Crippen molar-refractivity contribution in [2.75, 3.05) is 5.32 Å². The molecule has 1 unspecified atom stereocenters. The average Bonchev–Trinajstić information content (AvgIpc) is 2.86. The van der Waals surface area contributed by atoms with Gasteiger partial charge in [-0.3, -0.25) is 0 Å². The molecule has 2 aromatic carbocycles. The molecule has 0 aliphatic heterocycles. The van der Waals surface area contributed by atoms with Gasteiger partial charge in [-0.2, -0.15) is 0 Å². The molecule has 20 heavy (non-hydrogen) atoms. The van der Waals surface area contributed by atoms with Crippen LogP contribution in [-0.4, -0.2) is 0 Å². The minimum atomic E-state index is -0.618. The first kappa shape index (κ1) is 12.7. The van der Waals surface area contributed by atoms with Gasteiger partial charge in [-0.1, -0.05) is 18.2 Å². The molecule has 0 amide bonds. The molecule has 1 N–H and O–H groups in total. The highest BCUT2D eigenvalue weighted by Crippen LogP contribution is 2.27. The lowest BCUT2D eigenvalue weighted by atomic mass is 10.2. The van der Waals surface area contributed by atoms with Gasteiger partial charge in [-0.05, 0) is 31.2 Å². The number of hydrogen-bond acceptors (Lipinski definition) is 2. The quantitative estimate of drug-likeness (QED) is 0.735. The summed E-state index contributed by atoms with van der Waals surface area (Å²) in [6.07, 6.45) is 0. The molecule has 3 aromatic rings. The molecule has 102 valence electrons. The van der Waals surface area contributed by atoms with Gasteiger partial charge < -0.3 is 9.73 Å². The van der Waals surface area contributed by atoms with Crippen LogP contribution in [0, 0.1) is 11.6 Å². The first-order chi connectivity index (χ1) is 9.63. The molecule has 1 heterocycles. The Morgan fingerprint density at radius 3 is 2.60 bits per heavy atom. The lowest BCUT2D eigenvalue weighted by Gasteiger charge is -2.13. The van der Waals surface area contributed by atoms with Crippen LogP contribution in [0.3, 0.4) is 0 Å². The van der Waals surface area contributed by atoms with Crippen LogP contribution >= 0.6 is 0 Å². The number of benzene rings is 2. The summed E-state index contributed by atoms with van der Waals surface area (Å²) in [7, 11) is 0. The van der Waals surface area contributed by atoms with Gasteiger partial charge in [-0.15, -0.1) is 0 Å². The number of halogens is 2. The zero-order chi connectivity index (χ0) is 14.1. The molecule has 0 saturated heterocycles. The molecule has 0 fully saturated rings. The Bertz CT molecular complexity index is 718. The maximum absolute atomic E-state index is 13.6. The summed E-state index contributed by atoms with van der Waals surface area (Å²) in [5.74, 6) is -0.507. The third-order valence-corrected chi connectivity index (χ3v) is 3.17. The van der Waals surface area contributed by atoms with E-state index >= 15 is 0 Å². The fourth-order valence-electron chi connectivity index (χ4n) is 2.13. The predicted octanol–water partition coefficient (Wildman–Crippen LogP) is 4.88. The Kier molecular flexibility index (Phi) is 3.14. The second-order valence-electron chi connectivity index (χ2n) is 4.68. The number of furan rings is 1. The van der Waals surface area contributed by atoms with Crippen molar-refractivity contribution in [3.63, 3.8) is 0 Å². The average molecular weight is 273 g/mol. The second-order valence-corrected chi connectivity index (χ2v) is 4.68. The Hall–Kier alpha value is -2.36. The van der Waals surface area contributed by atoms with Gasteiger partial charge in [0, 0.05) is 11.5 Å². The molecule has 3 rings (SSSR count). The second kappa shape index (κ2) is 4.96. The number of nitrogens with one attached hydrogen (secondary N) is 1. The summed E-state index contributed by atoms with van der Waals surface area (Å²) in [5.41, 5.74) is 1.04. The van der Waals surface area contributed by atoms with E-state index in [0.29, 0.717) is 5.76 Å². The summed E-state index contributed by atoms with van der Waals surface area (Å²) in [6.45, 7) is 1.86. The Labute approximate surface area is 115 Å².